The van der Waals surface area contributed by atoms with Crippen LogP contribution >= 0.6 is 0 Å². The standard InChI is InChI=1S/C13H24N4/c1-4-17(5-2)7-6-13-15-9-12(10-16-13)8-11(3)14/h9-11H,4-8,14H2,1-3H3. The van der Waals surface area contributed by atoms with Gasteiger partial charge in [0.25, 0.3) is 0 Å². The van der Waals surface area contributed by atoms with E-state index in [-0.39, 0.29) is 6.04 Å². The second-order valence-electron chi connectivity index (χ2n) is 4.47. The molecule has 4 heteroatoms. The van der Waals surface area contributed by atoms with Crippen molar-refractivity contribution in [2.24, 2.45) is 5.73 Å². The molecular weight excluding hydrogens is 212 g/mol. The third kappa shape index (κ3) is 5.24. The third-order valence-electron chi connectivity index (χ3n) is 2.86. The smallest absolute Gasteiger partial charge is 0.129 e. The molecule has 17 heavy (non-hydrogen) atoms. The Morgan fingerprint density at radius 2 is 1.82 bits per heavy atom. The molecule has 0 bridgehead atoms. The maximum atomic E-state index is 5.73. The summed E-state index contributed by atoms with van der Waals surface area (Å²) in [6.45, 7) is 9.54. The fraction of sp³-hybridized carbons (Fsp3) is 0.692. The lowest BCUT2D eigenvalue weighted by Crippen LogP contribution is -2.25. The van der Waals surface area contributed by atoms with E-state index >= 15 is 0 Å². The van der Waals surface area contributed by atoms with Crippen molar-refractivity contribution in [3.63, 3.8) is 0 Å². The van der Waals surface area contributed by atoms with Crippen molar-refractivity contribution in [3.8, 4) is 0 Å². The molecule has 0 amide bonds. The number of hydrogen-bond acceptors (Lipinski definition) is 4. The average Bonchev–Trinajstić information content (AvgIpc) is 2.32. The van der Waals surface area contributed by atoms with Gasteiger partial charge in [-0.25, -0.2) is 9.97 Å². The minimum absolute atomic E-state index is 0.167. The number of aromatic nitrogens is 2. The number of rotatable bonds is 7. The zero-order valence-electron chi connectivity index (χ0n) is 11.2. The number of hydrogen-bond donors (Lipinski definition) is 1. The Bertz CT molecular complexity index is 304. The Kier molecular flexibility index (Phi) is 6.08. The van der Waals surface area contributed by atoms with Crippen LogP contribution < -0.4 is 5.73 Å². The highest BCUT2D eigenvalue weighted by atomic mass is 15.1. The van der Waals surface area contributed by atoms with Crippen molar-refractivity contribution in [1.82, 2.24) is 14.9 Å². The van der Waals surface area contributed by atoms with Crippen LogP contribution in [0.25, 0.3) is 0 Å². The van der Waals surface area contributed by atoms with E-state index in [0.717, 1.165) is 43.9 Å². The fourth-order valence-electron chi connectivity index (χ4n) is 1.79. The zero-order valence-corrected chi connectivity index (χ0v) is 11.2. The summed E-state index contributed by atoms with van der Waals surface area (Å²) in [5.74, 6) is 0.922. The minimum Gasteiger partial charge on any atom is -0.328 e. The van der Waals surface area contributed by atoms with Gasteiger partial charge in [-0.05, 0) is 32.0 Å². The van der Waals surface area contributed by atoms with E-state index in [4.69, 9.17) is 5.73 Å². The molecule has 1 unspecified atom stereocenters. The summed E-state index contributed by atoms with van der Waals surface area (Å²) in [5, 5.41) is 0. The van der Waals surface area contributed by atoms with Gasteiger partial charge < -0.3 is 10.6 Å². The summed E-state index contributed by atoms with van der Waals surface area (Å²) in [5.41, 5.74) is 6.85. The summed E-state index contributed by atoms with van der Waals surface area (Å²) in [7, 11) is 0. The van der Waals surface area contributed by atoms with E-state index < -0.39 is 0 Å². The first kappa shape index (κ1) is 14.1. The number of nitrogens with zero attached hydrogens (tertiary/aromatic N) is 3. The van der Waals surface area contributed by atoms with Gasteiger partial charge in [-0.2, -0.15) is 0 Å². The molecule has 0 aliphatic rings. The molecule has 96 valence electrons. The van der Waals surface area contributed by atoms with Crippen LogP contribution in [0.1, 0.15) is 32.2 Å². The van der Waals surface area contributed by atoms with Gasteiger partial charge in [0.15, 0.2) is 0 Å². The molecular formula is C13H24N4. The van der Waals surface area contributed by atoms with Crippen molar-refractivity contribution >= 4 is 0 Å². The summed E-state index contributed by atoms with van der Waals surface area (Å²) < 4.78 is 0. The summed E-state index contributed by atoms with van der Waals surface area (Å²) >= 11 is 0. The van der Waals surface area contributed by atoms with Gasteiger partial charge in [0, 0.05) is 31.4 Å². The summed E-state index contributed by atoms with van der Waals surface area (Å²) in [4.78, 5) is 11.1. The molecule has 0 spiro atoms. The van der Waals surface area contributed by atoms with Crippen molar-refractivity contribution in [2.45, 2.75) is 39.7 Å². The molecule has 2 N–H and O–H groups in total. The highest BCUT2D eigenvalue weighted by Crippen LogP contribution is 2.01. The fourth-order valence-corrected chi connectivity index (χ4v) is 1.79. The van der Waals surface area contributed by atoms with Crippen LogP contribution in [0.3, 0.4) is 0 Å². The van der Waals surface area contributed by atoms with Gasteiger partial charge in [-0.15, -0.1) is 0 Å². The molecule has 0 radical (unpaired) electrons. The monoisotopic (exact) mass is 236 g/mol. The van der Waals surface area contributed by atoms with Gasteiger partial charge >= 0.3 is 0 Å². The van der Waals surface area contributed by atoms with Crippen LogP contribution in [-0.2, 0) is 12.8 Å². The Labute approximate surface area is 104 Å². The van der Waals surface area contributed by atoms with E-state index in [1.54, 1.807) is 0 Å². The maximum absolute atomic E-state index is 5.73. The molecule has 0 aromatic carbocycles. The molecule has 1 atom stereocenters. The lowest BCUT2D eigenvalue weighted by Gasteiger charge is -2.17. The van der Waals surface area contributed by atoms with Crippen LogP contribution in [0.2, 0.25) is 0 Å². The van der Waals surface area contributed by atoms with Crippen molar-refractivity contribution in [1.29, 1.82) is 0 Å². The highest BCUT2D eigenvalue weighted by molar-refractivity contribution is 5.06. The Balaban J connectivity index is 2.45. The number of likely N-dealkylation sites (N-methyl/N-ethyl adjacent to an activating group) is 1. The predicted molar refractivity (Wildman–Crippen MR) is 70.9 cm³/mol. The second-order valence-corrected chi connectivity index (χ2v) is 4.47. The van der Waals surface area contributed by atoms with E-state index in [9.17, 15) is 0 Å². The van der Waals surface area contributed by atoms with Crippen LogP contribution in [0.5, 0.6) is 0 Å². The summed E-state index contributed by atoms with van der Waals surface area (Å²) in [6, 6.07) is 0.167. The second kappa shape index (κ2) is 7.35. The van der Waals surface area contributed by atoms with E-state index in [1.807, 2.05) is 19.3 Å². The van der Waals surface area contributed by atoms with Crippen molar-refractivity contribution in [3.05, 3.63) is 23.8 Å². The molecule has 4 nitrogen and oxygen atoms in total. The molecule has 1 rings (SSSR count). The average molecular weight is 236 g/mol. The SMILES string of the molecule is CCN(CC)CCc1ncc(CC(C)N)cn1. The van der Waals surface area contributed by atoms with Crippen LogP contribution in [0.15, 0.2) is 12.4 Å². The Morgan fingerprint density at radius 3 is 2.29 bits per heavy atom. The maximum Gasteiger partial charge on any atom is 0.129 e. The van der Waals surface area contributed by atoms with Gasteiger partial charge in [0.05, 0.1) is 0 Å². The van der Waals surface area contributed by atoms with E-state index in [2.05, 4.69) is 28.7 Å². The number of nitrogens with two attached hydrogens (primary N) is 1. The molecule has 1 heterocycles. The van der Waals surface area contributed by atoms with Crippen molar-refractivity contribution in [2.75, 3.05) is 19.6 Å². The summed E-state index contributed by atoms with van der Waals surface area (Å²) in [6.07, 6.45) is 5.55. The van der Waals surface area contributed by atoms with Crippen LogP contribution in [-0.4, -0.2) is 40.5 Å². The van der Waals surface area contributed by atoms with Crippen LogP contribution in [0.4, 0.5) is 0 Å². The predicted octanol–water partition coefficient (Wildman–Crippen LogP) is 1.25. The van der Waals surface area contributed by atoms with E-state index in [0.29, 0.717) is 0 Å². The van der Waals surface area contributed by atoms with Gasteiger partial charge in [-0.3, -0.25) is 0 Å². The third-order valence-corrected chi connectivity index (χ3v) is 2.86. The minimum atomic E-state index is 0.167. The molecule has 0 saturated heterocycles. The molecule has 0 aliphatic heterocycles. The zero-order chi connectivity index (χ0) is 12.7. The quantitative estimate of drug-likeness (QED) is 0.774. The van der Waals surface area contributed by atoms with Gasteiger partial charge in [-0.1, -0.05) is 13.8 Å². The molecule has 0 saturated carbocycles. The van der Waals surface area contributed by atoms with E-state index in [1.165, 1.54) is 0 Å². The largest absolute Gasteiger partial charge is 0.328 e. The van der Waals surface area contributed by atoms with Gasteiger partial charge in [0.1, 0.15) is 5.82 Å². The lowest BCUT2D eigenvalue weighted by atomic mass is 10.1. The normalized spacial score (nSPS) is 13.0. The molecule has 1 aromatic rings. The highest BCUT2D eigenvalue weighted by Gasteiger charge is 2.03. The Morgan fingerprint density at radius 1 is 1.24 bits per heavy atom. The van der Waals surface area contributed by atoms with Crippen molar-refractivity contribution < 1.29 is 0 Å². The first-order chi connectivity index (χ1) is 8.15. The molecule has 1 aromatic heterocycles. The first-order valence-corrected chi connectivity index (χ1v) is 6.43. The topological polar surface area (TPSA) is 55.0 Å². The molecule has 0 aliphatic carbocycles. The van der Waals surface area contributed by atoms with Crippen LogP contribution in [0, 0.1) is 0 Å². The van der Waals surface area contributed by atoms with Gasteiger partial charge in [0.2, 0.25) is 0 Å². The Hall–Kier alpha value is -1.00. The first-order valence-electron chi connectivity index (χ1n) is 6.43. The lowest BCUT2D eigenvalue weighted by molar-refractivity contribution is 0.305. The molecule has 0 fully saturated rings.